The summed E-state index contributed by atoms with van der Waals surface area (Å²) in [6.45, 7) is 4.58. The molecule has 2 rings (SSSR count). The van der Waals surface area contributed by atoms with Crippen molar-refractivity contribution in [3.63, 3.8) is 0 Å². The fraction of sp³-hybridized carbons (Fsp3) is 0.188. The highest BCUT2D eigenvalue weighted by Gasteiger charge is 2.00. The van der Waals surface area contributed by atoms with Gasteiger partial charge in [0.05, 0.1) is 6.61 Å². The lowest BCUT2D eigenvalue weighted by Gasteiger charge is -2.11. The van der Waals surface area contributed by atoms with Crippen molar-refractivity contribution in [3.05, 3.63) is 65.2 Å². The molecule has 2 aromatic carbocycles. The van der Waals surface area contributed by atoms with E-state index in [0.717, 1.165) is 11.3 Å². The van der Waals surface area contributed by atoms with E-state index in [-0.39, 0.29) is 0 Å². The molecule has 0 bridgehead atoms. The van der Waals surface area contributed by atoms with Crippen LogP contribution in [0.3, 0.4) is 0 Å². The number of benzene rings is 2. The molecule has 0 radical (unpaired) electrons. The maximum atomic E-state index is 5.36. The zero-order valence-corrected chi connectivity index (χ0v) is 12.5. The number of aryl methyl sites for hydroxylation is 2. The molecule has 0 aliphatic rings. The van der Waals surface area contributed by atoms with E-state index in [4.69, 9.17) is 17.1 Å². The van der Waals surface area contributed by atoms with Gasteiger partial charge in [-0.15, -0.1) is 0 Å². The molecule has 0 saturated heterocycles. The Balaban J connectivity index is 1.81. The average Bonchev–Trinajstić information content (AvgIpc) is 2.38. The van der Waals surface area contributed by atoms with Crippen molar-refractivity contribution < 1.29 is 4.84 Å². The molecule has 0 fully saturated rings. The molecule has 0 aliphatic carbocycles. The molecule has 2 aromatic rings. The van der Waals surface area contributed by atoms with E-state index >= 15 is 0 Å². The van der Waals surface area contributed by atoms with Gasteiger partial charge in [0.25, 0.3) is 0 Å². The van der Waals surface area contributed by atoms with Gasteiger partial charge in [-0.3, -0.25) is 4.84 Å². The minimum atomic E-state index is 0.450. The summed E-state index contributed by atoms with van der Waals surface area (Å²) < 4.78 is 0. The van der Waals surface area contributed by atoms with Crippen LogP contribution in [0, 0.1) is 13.8 Å². The summed E-state index contributed by atoms with van der Waals surface area (Å²) in [7, 11) is 0. The minimum Gasteiger partial charge on any atom is -0.331 e. The largest absolute Gasteiger partial charge is 0.331 e. The van der Waals surface area contributed by atoms with E-state index in [2.05, 4.69) is 30.7 Å². The number of thiocarbonyl (C=S) groups is 1. The second kappa shape index (κ2) is 7.03. The number of anilines is 1. The molecule has 0 unspecified atom stereocenters. The third-order valence-corrected chi connectivity index (χ3v) is 2.91. The Kier molecular flexibility index (Phi) is 5.09. The maximum absolute atomic E-state index is 5.36. The summed E-state index contributed by atoms with van der Waals surface area (Å²) in [5.41, 5.74) is 7.18. The van der Waals surface area contributed by atoms with Crippen LogP contribution in [-0.4, -0.2) is 5.11 Å². The molecule has 20 heavy (non-hydrogen) atoms. The van der Waals surface area contributed by atoms with E-state index in [0.29, 0.717) is 11.7 Å². The average molecular weight is 286 g/mol. The molecule has 0 atom stereocenters. The summed E-state index contributed by atoms with van der Waals surface area (Å²) in [6.07, 6.45) is 0. The van der Waals surface area contributed by atoms with Gasteiger partial charge in [-0.05, 0) is 54.9 Å². The van der Waals surface area contributed by atoms with E-state index in [9.17, 15) is 0 Å². The maximum Gasteiger partial charge on any atom is 0.195 e. The third kappa shape index (κ3) is 4.64. The Labute approximate surface area is 124 Å². The second-order valence-corrected chi connectivity index (χ2v) is 5.12. The molecule has 3 nitrogen and oxygen atoms in total. The molecule has 0 heterocycles. The van der Waals surface area contributed by atoms with Gasteiger partial charge in [-0.2, -0.15) is 0 Å². The summed E-state index contributed by atoms with van der Waals surface area (Å²) in [5.74, 6) is 0. The Bertz CT molecular complexity index is 564. The summed E-state index contributed by atoms with van der Waals surface area (Å²) in [6, 6.07) is 16.1. The molecule has 4 heteroatoms. The number of hydrogen-bond donors (Lipinski definition) is 2. The van der Waals surface area contributed by atoms with Crippen molar-refractivity contribution in [1.82, 2.24) is 5.48 Å². The molecule has 0 saturated carbocycles. The fourth-order valence-electron chi connectivity index (χ4n) is 1.96. The molecular weight excluding hydrogens is 268 g/mol. The van der Waals surface area contributed by atoms with Gasteiger partial charge in [0, 0.05) is 5.69 Å². The summed E-state index contributed by atoms with van der Waals surface area (Å²) >= 11 is 5.19. The highest BCUT2D eigenvalue weighted by atomic mass is 32.1. The number of hydroxylamine groups is 1. The lowest BCUT2D eigenvalue weighted by molar-refractivity contribution is 0.0728. The molecule has 104 valence electrons. The monoisotopic (exact) mass is 286 g/mol. The van der Waals surface area contributed by atoms with Crippen LogP contribution < -0.4 is 10.8 Å². The zero-order chi connectivity index (χ0) is 14.4. The van der Waals surface area contributed by atoms with Crippen LogP contribution in [0.5, 0.6) is 0 Å². The highest BCUT2D eigenvalue weighted by molar-refractivity contribution is 7.80. The van der Waals surface area contributed by atoms with Crippen molar-refractivity contribution in [2.45, 2.75) is 20.5 Å². The third-order valence-electron chi connectivity index (χ3n) is 2.73. The van der Waals surface area contributed by atoms with Crippen LogP contribution in [0.4, 0.5) is 5.69 Å². The molecule has 0 spiro atoms. The predicted octanol–water partition coefficient (Wildman–Crippen LogP) is 3.72. The topological polar surface area (TPSA) is 33.3 Å². The Hall–Kier alpha value is -1.91. The first-order valence-corrected chi connectivity index (χ1v) is 6.85. The smallest absolute Gasteiger partial charge is 0.195 e. The van der Waals surface area contributed by atoms with Crippen molar-refractivity contribution in [3.8, 4) is 0 Å². The van der Waals surface area contributed by atoms with Crippen LogP contribution in [0.1, 0.15) is 16.7 Å². The van der Waals surface area contributed by atoms with E-state index in [1.807, 2.05) is 42.5 Å². The van der Waals surface area contributed by atoms with Crippen molar-refractivity contribution in [2.75, 3.05) is 5.32 Å². The van der Waals surface area contributed by atoms with Crippen LogP contribution in [0.25, 0.3) is 0 Å². The fourth-order valence-corrected chi connectivity index (χ4v) is 2.14. The highest BCUT2D eigenvalue weighted by Crippen LogP contribution is 2.13. The van der Waals surface area contributed by atoms with Gasteiger partial charge in [0.15, 0.2) is 5.11 Å². The lowest BCUT2D eigenvalue weighted by atomic mass is 10.1. The first-order valence-electron chi connectivity index (χ1n) is 6.44. The molecule has 0 amide bonds. The van der Waals surface area contributed by atoms with Crippen molar-refractivity contribution in [2.24, 2.45) is 0 Å². The molecule has 0 aliphatic heterocycles. The number of hydrogen-bond acceptors (Lipinski definition) is 2. The summed E-state index contributed by atoms with van der Waals surface area (Å²) in [5, 5.41) is 3.56. The number of rotatable bonds is 4. The van der Waals surface area contributed by atoms with E-state index < -0.39 is 0 Å². The Morgan fingerprint density at radius 3 is 2.35 bits per heavy atom. The van der Waals surface area contributed by atoms with Crippen LogP contribution in [0.2, 0.25) is 0 Å². The predicted molar refractivity (Wildman–Crippen MR) is 86.5 cm³/mol. The van der Waals surface area contributed by atoms with Crippen molar-refractivity contribution >= 4 is 23.0 Å². The normalized spacial score (nSPS) is 10.1. The standard InChI is InChI=1S/C16H18N2OS/c1-12-8-13(2)10-15(9-12)17-16(20)18-19-11-14-6-4-3-5-7-14/h3-10H,11H2,1-2H3,(H2,17,18,20). The Morgan fingerprint density at radius 2 is 1.70 bits per heavy atom. The SMILES string of the molecule is Cc1cc(C)cc(NC(=S)NOCc2ccccc2)c1. The van der Waals surface area contributed by atoms with Crippen LogP contribution in [0.15, 0.2) is 48.5 Å². The van der Waals surface area contributed by atoms with E-state index in [1.54, 1.807) is 0 Å². The van der Waals surface area contributed by atoms with Gasteiger partial charge in [-0.25, -0.2) is 5.48 Å². The van der Waals surface area contributed by atoms with Gasteiger partial charge in [-0.1, -0.05) is 36.4 Å². The zero-order valence-electron chi connectivity index (χ0n) is 11.6. The molecular formula is C16H18N2OS. The van der Waals surface area contributed by atoms with Gasteiger partial charge in [0.2, 0.25) is 0 Å². The van der Waals surface area contributed by atoms with Crippen LogP contribution >= 0.6 is 12.2 Å². The quantitative estimate of drug-likeness (QED) is 0.663. The lowest BCUT2D eigenvalue weighted by Crippen LogP contribution is -2.28. The second-order valence-electron chi connectivity index (χ2n) is 4.71. The number of nitrogens with one attached hydrogen (secondary N) is 2. The van der Waals surface area contributed by atoms with Gasteiger partial charge in [0.1, 0.15) is 0 Å². The minimum absolute atomic E-state index is 0.450. The Morgan fingerprint density at radius 1 is 1.05 bits per heavy atom. The van der Waals surface area contributed by atoms with Crippen LogP contribution in [-0.2, 0) is 11.4 Å². The van der Waals surface area contributed by atoms with E-state index in [1.165, 1.54) is 11.1 Å². The molecule has 0 aromatic heterocycles. The first kappa shape index (κ1) is 14.5. The first-order chi connectivity index (χ1) is 9.63. The summed E-state index contributed by atoms with van der Waals surface area (Å²) in [4.78, 5) is 5.36. The van der Waals surface area contributed by atoms with Crippen molar-refractivity contribution in [1.29, 1.82) is 0 Å². The van der Waals surface area contributed by atoms with Gasteiger partial charge >= 0.3 is 0 Å². The van der Waals surface area contributed by atoms with Gasteiger partial charge < -0.3 is 5.32 Å². The molecule has 2 N–H and O–H groups in total.